The molecule has 0 saturated carbocycles. The van der Waals surface area contributed by atoms with Crippen LogP contribution in [0.1, 0.15) is 30.9 Å². The van der Waals surface area contributed by atoms with Gasteiger partial charge in [-0.3, -0.25) is 4.79 Å². The molecule has 1 heterocycles. The Bertz CT molecular complexity index is 768. The van der Waals surface area contributed by atoms with Crippen molar-refractivity contribution in [1.29, 1.82) is 5.26 Å². The highest BCUT2D eigenvalue weighted by atomic mass is 16.5. The Kier molecular flexibility index (Phi) is 5.10. The van der Waals surface area contributed by atoms with Crippen molar-refractivity contribution in [3.8, 4) is 17.8 Å². The topological polar surface area (TPSA) is 114 Å². The SMILES string of the molecule is CCCC(=O)Nc1cnc(Oc2ccc(C#N)cc2C)nc1N. The first kappa shape index (κ1) is 16.2. The molecule has 3 N–H and O–H groups in total. The molecular weight excluding hydrogens is 294 g/mol. The van der Waals surface area contributed by atoms with E-state index in [0.717, 1.165) is 12.0 Å². The molecule has 1 aromatic heterocycles. The standard InChI is InChI=1S/C16H17N5O2/c1-3-4-14(22)20-12-9-19-16(21-15(12)18)23-13-6-5-11(8-17)7-10(13)2/h5-7,9H,3-4H2,1-2H3,(H,20,22)(H2,18,19,21). The van der Waals surface area contributed by atoms with Gasteiger partial charge in [0, 0.05) is 6.42 Å². The van der Waals surface area contributed by atoms with Gasteiger partial charge in [-0.25, -0.2) is 4.98 Å². The zero-order valence-electron chi connectivity index (χ0n) is 13.0. The number of nitrogens with one attached hydrogen (secondary N) is 1. The van der Waals surface area contributed by atoms with E-state index in [1.165, 1.54) is 6.20 Å². The van der Waals surface area contributed by atoms with Crippen molar-refractivity contribution in [1.82, 2.24) is 9.97 Å². The fourth-order valence-electron chi connectivity index (χ4n) is 1.90. The van der Waals surface area contributed by atoms with Gasteiger partial charge >= 0.3 is 6.01 Å². The van der Waals surface area contributed by atoms with E-state index in [4.69, 9.17) is 15.7 Å². The van der Waals surface area contributed by atoms with Crippen LogP contribution in [0.3, 0.4) is 0 Å². The van der Waals surface area contributed by atoms with Gasteiger partial charge in [0.2, 0.25) is 5.91 Å². The van der Waals surface area contributed by atoms with Crippen molar-refractivity contribution >= 4 is 17.4 Å². The Hall–Kier alpha value is -3.14. The van der Waals surface area contributed by atoms with Crippen molar-refractivity contribution in [2.45, 2.75) is 26.7 Å². The predicted octanol–water partition coefficient (Wildman–Crippen LogP) is 2.77. The fraction of sp³-hybridized carbons (Fsp3) is 0.250. The summed E-state index contributed by atoms with van der Waals surface area (Å²) in [5.74, 6) is 0.524. The van der Waals surface area contributed by atoms with Gasteiger partial charge in [0.15, 0.2) is 5.82 Å². The van der Waals surface area contributed by atoms with E-state index in [1.807, 2.05) is 13.8 Å². The average molecular weight is 311 g/mol. The summed E-state index contributed by atoms with van der Waals surface area (Å²) in [7, 11) is 0. The summed E-state index contributed by atoms with van der Waals surface area (Å²) in [5, 5.41) is 11.5. The minimum absolute atomic E-state index is 0.0730. The van der Waals surface area contributed by atoms with Crippen LogP contribution in [0.5, 0.6) is 11.8 Å². The van der Waals surface area contributed by atoms with Gasteiger partial charge in [0.25, 0.3) is 0 Å². The highest BCUT2D eigenvalue weighted by Crippen LogP contribution is 2.25. The molecule has 1 amide bonds. The number of carbonyl (C=O) groups is 1. The molecule has 0 fully saturated rings. The van der Waals surface area contributed by atoms with E-state index < -0.39 is 0 Å². The molecule has 0 atom stereocenters. The van der Waals surface area contributed by atoms with Crippen LogP contribution in [0.4, 0.5) is 11.5 Å². The van der Waals surface area contributed by atoms with Gasteiger partial charge in [-0.05, 0) is 37.1 Å². The van der Waals surface area contributed by atoms with E-state index >= 15 is 0 Å². The molecule has 0 bridgehead atoms. The number of nitrogen functional groups attached to an aromatic ring is 1. The normalized spacial score (nSPS) is 9.96. The van der Waals surface area contributed by atoms with E-state index in [-0.39, 0.29) is 17.7 Å². The molecule has 0 aliphatic rings. The number of hydrogen-bond acceptors (Lipinski definition) is 6. The number of nitrogens with zero attached hydrogens (tertiary/aromatic N) is 3. The van der Waals surface area contributed by atoms with Gasteiger partial charge in [-0.1, -0.05) is 6.92 Å². The first-order valence-corrected chi connectivity index (χ1v) is 7.14. The van der Waals surface area contributed by atoms with Crippen molar-refractivity contribution in [3.63, 3.8) is 0 Å². The average Bonchev–Trinajstić information content (AvgIpc) is 2.52. The molecule has 0 radical (unpaired) electrons. The Morgan fingerprint density at radius 1 is 1.48 bits per heavy atom. The molecule has 0 spiro atoms. The number of benzene rings is 1. The molecule has 1 aromatic carbocycles. The highest BCUT2D eigenvalue weighted by Gasteiger charge is 2.10. The molecule has 0 aliphatic heterocycles. The lowest BCUT2D eigenvalue weighted by atomic mass is 10.1. The van der Waals surface area contributed by atoms with Crippen molar-refractivity contribution in [2.24, 2.45) is 0 Å². The first-order valence-electron chi connectivity index (χ1n) is 7.14. The minimum Gasteiger partial charge on any atom is -0.424 e. The fourth-order valence-corrected chi connectivity index (χ4v) is 1.90. The second-order valence-corrected chi connectivity index (χ2v) is 4.94. The minimum atomic E-state index is -0.139. The first-order chi connectivity index (χ1) is 11.0. The second-order valence-electron chi connectivity index (χ2n) is 4.94. The Balaban J connectivity index is 2.15. The monoisotopic (exact) mass is 311 g/mol. The number of ether oxygens (including phenoxy) is 1. The number of rotatable bonds is 5. The lowest BCUT2D eigenvalue weighted by Crippen LogP contribution is -2.13. The number of nitriles is 1. The summed E-state index contributed by atoms with van der Waals surface area (Å²) in [4.78, 5) is 19.6. The van der Waals surface area contributed by atoms with E-state index in [2.05, 4.69) is 21.4 Å². The van der Waals surface area contributed by atoms with Crippen LogP contribution in [0.25, 0.3) is 0 Å². The molecule has 23 heavy (non-hydrogen) atoms. The van der Waals surface area contributed by atoms with Crippen LogP contribution < -0.4 is 15.8 Å². The summed E-state index contributed by atoms with van der Waals surface area (Å²) in [6.45, 7) is 3.73. The van der Waals surface area contributed by atoms with Gasteiger partial charge in [0.1, 0.15) is 11.4 Å². The number of carbonyl (C=O) groups excluding carboxylic acids is 1. The van der Waals surface area contributed by atoms with Crippen LogP contribution in [0, 0.1) is 18.3 Å². The number of anilines is 2. The maximum atomic E-state index is 11.6. The highest BCUT2D eigenvalue weighted by molar-refractivity contribution is 5.92. The largest absolute Gasteiger partial charge is 0.424 e. The molecule has 7 nitrogen and oxygen atoms in total. The number of aryl methyl sites for hydroxylation is 1. The maximum Gasteiger partial charge on any atom is 0.324 e. The van der Waals surface area contributed by atoms with E-state index in [0.29, 0.717) is 23.4 Å². The third kappa shape index (κ3) is 4.17. The third-order valence-electron chi connectivity index (χ3n) is 3.05. The molecular formula is C16H17N5O2. The zero-order chi connectivity index (χ0) is 16.8. The quantitative estimate of drug-likeness (QED) is 0.877. The van der Waals surface area contributed by atoms with Gasteiger partial charge in [0.05, 0.1) is 17.8 Å². The van der Waals surface area contributed by atoms with Crippen molar-refractivity contribution in [2.75, 3.05) is 11.1 Å². The number of amides is 1. The van der Waals surface area contributed by atoms with Gasteiger partial charge in [-0.2, -0.15) is 10.2 Å². The third-order valence-corrected chi connectivity index (χ3v) is 3.05. The molecule has 0 saturated heterocycles. The van der Waals surface area contributed by atoms with Gasteiger partial charge in [-0.15, -0.1) is 0 Å². The van der Waals surface area contributed by atoms with Gasteiger partial charge < -0.3 is 15.8 Å². The molecule has 2 aromatic rings. The molecule has 7 heteroatoms. The predicted molar refractivity (Wildman–Crippen MR) is 86.0 cm³/mol. The Morgan fingerprint density at radius 2 is 2.26 bits per heavy atom. The second kappa shape index (κ2) is 7.22. The van der Waals surface area contributed by atoms with E-state index in [1.54, 1.807) is 18.2 Å². The van der Waals surface area contributed by atoms with E-state index in [9.17, 15) is 4.79 Å². The number of aromatic nitrogens is 2. The maximum absolute atomic E-state index is 11.6. The lowest BCUT2D eigenvalue weighted by Gasteiger charge is -2.10. The van der Waals surface area contributed by atoms with Crippen molar-refractivity contribution in [3.05, 3.63) is 35.5 Å². The Morgan fingerprint density at radius 3 is 2.87 bits per heavy atom. The molecule has 2 rings (SSSR count). The summed E-state index contributed by atoms with van der Waals surface area (Å²) >= 11 is 0. The summed E-state index contributed by atoms with van der Waals surface area (Å²) < 4.78 is 5.57. The van der Waals surface area contributed by atoms with Crippen LogP contribution in [-0.2, 0) is 4.79 Å². The number of nitrogens with two attached hydrogens (primary N) is 1. The van der Waals surface area contributed by atoms with Crippen LogP contribution in [-0.4, -0.2) is 15.9 Å². The molecule has 0 aliphatic carbocycles. The Labute approximate surface area is 134 Å². The smallest absolute Gasteiger partial charge is 0.324 e. The summed E-state index contributed by atoms with van der Waals surface area (Å²) in [6, 6.07) is 7.15. The molecule has 118 valence electrons. The van der Waals surface area contributed by atoms with Crippen LogP contribution >= 0.6 is 0 Å². The van der Waals surface area contributed by atoms with Crippen LogP contribution in [0.2, 0.25) is 0 Å². The van der Waals surface area contributed by atoms with Crippen LogP contribution in [0.15, 0.2) is 24.4 Å². The van der Waals surface area contributed by atoms with Crippen molar-refractivity contribution < 1.29 is 9.53 Å². The lowest BCUT2D eigenvalue weighted by molar-refractivity contribution is -0.116. The zero-order valence-corrected chi connectivity index (χ0v) is 13.0. The number of hydrogen-bond donors (Lipinski definition) is 2. The molecule has 0 unspecified atom stereocenters. The summed E-state index contributed by atoms with van der Waals surface area (Å²) in [6.07, 6.45) is 2.55. The summed E-state index contributed by atoms with van der Waals surface area (Å²) in [5.41, 5.74) is 7.50.